The third-order valence-electron chi connectivity index (χ3n) is 6.24. The molecule has 2 fully saturated rings. The number of nitrogens with one attached hydrogen (secondary N) is 1. The molecule has 37 heavy (non-hydrogen) atoms. The summed E-state index contributed by atoms with van der Waals surface area (Å²) in [5.41, 5.74) is 1.68. The zero-order chi connectivity index (χ0) is 26.4. The summed E-state index contributed by atoms with van der Waals surface area (Å²) in [6.07, 6.45) is 3.42. The second kappa shape index (κ2) is 9.13. The number of pyridine rings is 1. The van der Waals surface area contributed by atoms with E-state index < -0.39 is 35.2 Å². The molecule has 3 heterocycles. The summed E-state index contributed by atoms with van der Waals surface area (Å²) in [7, 11) is 0. The summed E-state index contributed by atoms with van der Waals surface area (Å²) < 4.78 is 27.6. The van der Waals surface area contributed by atoms with Crippen molar-refractivity contribution in [2.45, 2.75) is 64.3 Å². The van der Waals surface area contributed by atoms with Crippen LogP contribution in [0, 0.1) is 12.7 Å². The Hall–Kier alpha value is -4.02. The molecule has 2 aromatic heterocycles. The molecule has 10 nitrogen and oxygen atoms in total. The predicted molar refractivity (Wildman–Crippen MR) is 132 cm³/mol. The Balaban J connectivity index is 1.26. The van der Waals surface area contributed by atoms with Gasteiger partial charge in [-0.1, -0.05) is 11.3 Å². The van der Waals surface area contributed by atoms with Gasteiger partial charge in [0, 0.05) is 23.5 Å². The van der Waals surface area contributed by atoms with Gasteiger partial charge in [0.05, 0.1) is 35.7 Å². The molecule has 0 spiro atoms. The molecule has 0 radical (unpaired) electrons. The van der Waals surface area contributed by atoms with E-state index in [2.05, 4.69) is 20.6 Å². The number of amides is 2. The fourth-order valence-electron chi connectivity index (χ4n) is 4.33. The third kappa shape index (κ3) is 5.40. The lowest BCUT2D eigenvalue weighted by atomic mass is 10.0. The minimum Gasteiger partial charge on any atom is -0.444 e. The Morgan fingerprint density at radius 3 is 2.65 bits per heavy atom. The second-order valence-corrected chi connectivity index (χ2v) is 10.5. The molecule has 1 saturated heterocycles. The number of cyclic esters (lactones) is 1. The molecule has 3 aromatic rings. The van der Waals surface area contributed by atoms with Crippen LogP contribution in [-0.2, 0) is 21.6 Å². The number of carbonyl (C=O) groups excluding carboxylic acids is 2. The van der Waals surface area contributed by atoms with Gasteiger partial charge in [-0.15, -0.1) is 5.10 Å². The Kier molecular flexibility index (Phi) is 6.09. The Morgan fingerprint density at radius 2 is 2.05 bits per heavy atom. The Bertz CT molecular complexity index is 1330. The van der Waals surface area contributed by atoms with Gasteiger partial charge >= 0.3 is 12.2 Å². The van der Waals surface area contributed by atoms with Crippen molar-refractivity contribution in [1.29, 1.82) is 0 Å². The molecule has 1 saturated carbocycles. The van der Waals surface area contributed by atoms with Crippen LogP contribution in [-0.4, -0.2) is 50.4 Å². The number of hydrogen-bond donors (Lipinski definition) is 1. The lowest BCUT2D eigenvalue weighted by Crippen LogP contribution is -2.39. The number of aryl methyl sites for hydroxylation is 1. The lowest BCUT2D eigenvalue weighted by molar-refractivity contribution is 0.0493. The summed E-state index contributed by atoms with van der Waals surface area (Å²) in [6.45, 7) is 7.90. The molecule has 0 bridgehead atoms. The highest BCUT2D eigenvalue weighted by Crippen LogP contribution is 2.45. The smallest absolute Gasteiger partial charge is 0.414 e. The van der Waals surface area contributed by atoms with Gasteiger partial charge in [0.2, 0.25) is 0 Å². The predicted octanol–water partition coefficient (Wildman–Crippen LogP) is 4.33. The standard InChI is InChI=1S/C26H29FN6O4/c1-16-13-32(31-30-16)14-19-15-33(24(35)36-19)18-6-7-20(21(27)11-18)17-5-8-22(28-12-17)26(9-10-26)29-23(34)37-25(2,3)4/h5-8,11-13,19H,9-10,14-15H2,1-4H3,(H,29,34). The fraction of sp³-hybridized carbons (Fsp3) is 0.423. The van der Waals surface area contributed by atoms with Crippen molar-refractivity contribution in [3.63, 3.8) is 0 Å². The molecule has 11 heteroatoms. The summed E-state index contributed by atoms with van der Waals surface area (Å²) in [5, 5.41) is 10.8. The number of alkyl carbamates (subject to hydrolysis) is 1. The zero-order valence-corrected chi connectivity index (χ0v) is 21.2. The Labute approximate surface area is 213 Å². The molecular weight excluding hydrogens is 479 g/mol. The van der Waals surface area contributed by atoms with Crippen molar-refractivity contribution in [3.05, 3.63) is 59.9 Å². The van der Waals surface area contributed by atoms with Crippen LogP contribution in [0.4, 0.5) is 19.7 Å². The molecule has 194 valence electrons. The fourth-order valence-corrected chi connectivity index (χ4v) is 4.33. The number of carbonyl (C=O) groups is 2. The van der Waals surface area contributed by atoms with Crippen molar-refractivity contribution < 1.29 is 23.5 Å². The number of ether oxygens (including phenoxy) is 2. The average Bonchev–Trinajstić information content (AvgIpc) is 3.33. The molecule has 1 aliphatic carbocycles. The molecular formula is C26H29FN6O4. The molecule has 5 rings (SSSR count). The quantitative estimate of drug-likeness (QED) is 0.528. The van der Waals surface area contributed by atoms with Gasteiger partial charge in [-0.25, -0.2) is 18.7 Å². The van der Waals surface area contributed by atoms with Crippen LogP contribution in [0.25, 0.3) is 11.1 Å². The second-order valence-electron chi connectivity index (χ2n) is 10.5. The zero-order valence-electron chi connectivity index (χ0n) is 21.2. The topological polar surface area (TPSA) is 111 Å². The summed E-state index contributed by atoms with van der Waals surface area (Å²) >= 11 is 0. The number of aromatic nitrogens is 4. The van der Waals surface area contributed by atoms with E-state index in [-0.39, 0.29) is 6.54 Å². The summed E-state index contributed by atoms with van der Waals surface area (Å²) in [6, 6.07) is 8.19. The highest BCUT2D eigenvalue weighted by molar-refractivity contribution is 5.90. The SMILES string of the molecule is Cc1cn(CC2CN(c3ccc(-c4ccc(C5(NC(=O)OC(C)(C)C)CC5)nc4)c(F)c3)C(=O)O2)nn1. The minimum atomic E-state index is -0.593. The van der Waals surface area contributed by atoms with Crippen LogP contribution in [0.5, 0.6) is 0 Å². The van der Waals surface area contributed by atoms with E-state index >= 15 is 4.39 Å². The van der Waals surface area contributed by atoms with Crippen molar-refractivity contribution in [1.82, 2.24) is 25.3 Å². The molecule has 1 aliphatic heterocycles. The van der Waals surface area contributed by atoms with E-state index in [0.717, 1.165) is 18.5 Å². The van der Waals surface area contributed by atoms with Crippen LogP contribution in [0.2, 0.25) is 0 Å². The molecule has 1 atom stereocenters. The van der Waals surface area contributed by atoms with Crippen LogP contribution < -0.4 is 10.2 Å². The van der Waals surface area contributed by atoms with E-state index in [1.165, 1.54) is 11.0 Å². The molecule has 1 N–H and O–H groups in total. The number of rotatable bonds is 6. The highest BCUT2D eigenvalue weighted by atomic mass is 19.1. The average molecular weight is 509 g/mol. The lowest BCUT2D eigenvalue weighted by Gasteiger charge is -2.23. The first-order chi connectivity index (χ1) is 17.5. The van der Waals surface area contributed by atoms with E-state index in [0.29, 0.717) is 29.1 Å². The summed E-state index contributed by atoms with van der Waals surface area (Å²) in [5.74, 6) is -0.483. The van der Waals surface area contributed by atoms with Crippen molar-refractivity contribution in [2.75, 3.05) is 11.4 Å². The molecule has 2 amide bonds. The number of nitrogens with zero attached hydrogens (tertiary/aromatic N) is 5. The van der Waals surface area contributed by atoms with E-state index in [9.17, 15) is 9.59 Å². The maximum absolute atomic E-state index is 15.1. The first kappa shape index (κ1) is 24.7. The third-order valence-corrected chi connectivity index (χ3v) is 6.24. The highest BCUT2D eigenvalue weighted by Gasteiger charge is 2.48. The van der Waals surface area contributed by atoms with Gasteiger partial charge in [0.15, 0.2) is 0 Å². The van der Waals surface area contributed by atoms with Gasteiger partial charge in [-0.3, -0.25) is 9.88 Å². The molecule has 2 aliphatic rings. The summed E-state index contributed by atoms with van der Waals surface area (Å²) in [4.78, 5) is 30.6. The van der Waals surface area contributed by atoms with Crippen LogP contribution in [0.3, 0.4) is 0 Å². The van der Waals surface area contributed by atoms with E-state index in [4.69, 9.17) is 9.47 Å². The van der Waals surface area contributed by atoms with Crippen molar-refractivity contribution >= 4 is 17.9 Å². The number of hydrogen-bond acceptors (Lipinski definition) is 7. The first-order valence-electron chi connectivity index (χ1n) is 12.1. The van der Waals surface area contributed by atoms with Gasteiger partial charge in [0.25, 0.3) is 0 Å². The first-order valence-corrected chi connectivity index (χ1v) is 12.1. The van der Waals surface area contributed by atoms with Crippen LogP contribution >= 0.6 is 0 Å². The monoisotopic (exact) mass is 508 g/mol. The van der Waals surface area contributed by atoms with Gasteiger partial charge in [-0.2, -0.15) is 0 Å². The number of anilines is 1. The van der Waals surface area contributed by atoms with Crippen molar-refractivity contribution in [2.24, 2.45) is 0 Å². The van der Waals surface area contributed by atoms with Crippen LogP contribution in [0.15, 0.2) is 42.7 Å². The van der Waals surface area contributed by atoms with Gasteiger partial charge < -0.3 is 14.8 Å². The maximum atomic E-state index is 15.1. The number of benzene rings is 1. The molecule has 1 aromatic carbocycles. The maximum Gasteiger partial charge on any atom is 0.414 e. The minimum absolute atomic E-state index is 0.277. The van der Waals surface area contributed by atoms with Gasteiger partial charge in [0.1, 0.15) is 17.5 Å². The molecule has 1 unspecified atom stereocenters. The van der Waals surface area contributed by atoms with Crippen LogP contribution in [0.1, 0.15) is 45.0 Å². The Morgan fingerprint density at radius 1 is 1.27 bits per heavy atom. The van der Waals surface area contributed by atoms with E-state index in [1.807, 2.05) is 27.7 Å². The van der Waals surface area contributed by atoms with E-state index in [1.54, 1.807) is 41.3 Å². The van der Waals surface area contributed by atoms with Crippen molar-refractivity contribution in [3.8, 4) is 11.1 Å². The largest absolute Gasteiger partial charge is 0.444 e. The normalized spacial score (nSPS) is 18.5. The van der Waals surface area contributed by atoms with Gasteiger partial charge in [-0.05, 0) is 64.8 Å². The number of halogens is 1.